The number of H-pyrrole nitrogens is 1. The molecule has 0 saturated heterocycles. The molecule has 4 rings (SSSR count). The van der Waals surface area contributed by atoms with E-state index < -0.39 is 10.8 Å². The fraction of sp³-hybridized carbons (Fsp3) is 0.500. The van der Waals surface area contributed by atoms with Crippen molar-refractivity contribution in [2.45, 2.75) is 37.9 Å². The van der Waals surface area contributed by atoms with Crippen LogP contribution in [0.15, 0.2) is 32.6 Å². The first-order chi connectivity index (χ1) is 10.8. The zero-order valence-corrected chi connectivity index (χ0v) is 14.2. The standard InChI is InChI=1S/C16H19N3OS2/c1-10-8-17-9-12-14(10)15(13-6-7-18-19-13)22(20)16(12)21-11-4-2-3-5-11/h6-7,9-11H,2-5,8H2,1H3,(H,18,19). The van der Waals surface area contributed by atoms with E-state index in [1.165, 1.54) is 31.3 Å². The fourth-order valence-corrected chi connectivity index (χ4v) is 6.96. The van der Waals surface area contributed by atoms with Crippen LogP contribution >= 0.6 is 11.8 Å². The number of aromatic amines is 1. The number of nitrogens with one attached hydrogen (secondary N) is 1. The zero-order chi connectivity index (χ0) is 15.1. The Morgan fingerprint density at radius 2 is 2.18 bits per heavy atom. The topological polar surface area (TPSA) is 58.1 Å². The van der Waals surface area contributed by atoms with Gasteiger partial charge in [0, 0.05) is 35.7 Å². The summed E-state index contributed by atoms with van der Waals surface area (Å²) in [6, 6.07) is 1.92. The second-order valence-electron chi connectivity index (χ2n) is 6.10. The fourth-order valence-electron chi connectivity index (χ4n) is 3.42. The number of hydrogen-bond acceptors (Lipinski definition) is 4. The molecule has 1 aromatic rings. The molecule has 2 unspecified atom stereocenters. The summed E-state index contributed by atoms with van der Waals surface area (Å²) < 4.78 is 14.2. The normalized spacial score (nSPS) is 28.8. The molecule has 2 aliphatic heterocycles. The maximum absolute atomic E-state index is 13.2. The third kappa shape index (κ3) is 2.33. The van der Waals surface area contributed by atoms with Crippen LogP contribution in [0.1, 0.15) is 38.3 Å². The molecule has 2 atom stereocenters. The largest absolute Gasteiger partial charge is 0.292 e. The summed E-state index contributed by atoms with van der Waals surface area (Å²) in [6.07, 6.45) is 8.73. The van der Waals surface area contributed by atoms with E-state index in [4.69, 9.17) is 0 Å². The second kappa shape index (κ2) is 5.81. The minimum atomic E-state index is -1.10. The smallest absolute Gasteiger partial charge is 0.0946 e. The van der Waals surface area contributed by atoms with Gasteiger partial charge in [-0.25, -0.2) is 4.21 Å². The predicted molar refractivity (Wildman–Crippen MR) is 93.0 cm³/mol. The quantitative estimate of drug-likeness (QED) is 0.921. The number of rotatable bonds is 3. The molecule has 1 N–H and O–H groups in total. The Morgan fingerprint density at radius 3 is 2.91 bits per heavy atom. The Bertz CT molecular complexity index is 697. The monoisotopic (exact) mass is 333 g/mol. The Morgan fingerprint density at radius 1 is 1.36 bits per heavy atom. The summed E-state index contributed by atoms with van der Waals surface area (Å²) in [7, 11) is -1.10. The second-order valence-corrected chi connectivity index (χ2v) is 9.03. The number of aliphatic imine (C=N–C) groups is 1. The minimum Gasteiger partial charge on any atom is -0.292 e. The van der Waals surface area contributed by atoms with E-state index in [1.807, 2.05) is 24.0 Å². The van der Waals surface area contributed by atoms with Crippen LogP contribution in [0.5, 0.6) is 0 Å². The van der Waals surface area contributed by atoms with Crippen LogP contribution in [0.2, 0.25) is 0 Å². The number of hydrogen-bond donors (Lipinski definition) is 1. The lowest BCUT2D eigenvalue weighted by atomic mass is 9.92. The third-order valence-corrected chi connectivity index (χ3v) is 7.87. The summed E-state index contributed by atoms with van der Waals surface area (Å²) in [5.74, 6) is 0.309. The van der Waals surface area contributed by atoms with Crippen molar-refractivity contribution >= 4 is 33.7 Å². The lowest BCUT2D eigenvalue weighted by molar-refractivity contribution is 0.692. The van der Waals surface area contributed by atoms with Crippen molar-refractivity contribution in [3.05, 3.63) is 33.3 Å². The molecular formula is C16H19N3OS2. The van der Waals surface area contributed by atoms with Gasteiger partial charge in [-0.05, 0) is 24.5 Å². The van der Waals surface area contributed by atoms with Crippen LogP contribution in [-0.2, 0) is 10.8 Å². The van der Waals surface area contributed by atoms with Crippen LogP contribution in [0.4, 0.5) is 0 Å². The molecule has 0 bridgehead atoms. The van der Waals surface area contributed by atoms with Gasteiger partial charge >= 0.3 is 0 Å². The molecule has 1 saturated carbocycles. The maximum atomic E-state index is 13.2. The van der Waals surface area contributed by atoms with Gasteiger partial charge in [-0.15, -0.1) is 11.8 Å². The van der Waals surface area contributed by atoms with Gasteiger partial charge in [-0.2, -0.15) is 5.10 Å². The van der Waals surface area contributed by atoms with Crippen LogP contribution in [0, 0.1) is 5.92 Å². The molecule has 116 valence electrons. The summed E-state index contributed by atoms with van der Waals surface area (Å²) in [4.78, 5) is 5.41. The Balaban J connectivity index is 1.77. The highest BCUT2D eigenvalue weighted by Gasteiger charge is 2.37. The molecule has 4 nitrogen and oxygen atoms in total. The number of allylic oxidation sites excluding steroid dienone is 1. The van der Waals surface area contributed by atoms with Gasteiger partial charge < -0.3 is 0 Å². The van der Waals surface area contributed by atoms with Crippen molar-refractivity contribution in [2.24, 2.45) is 10.9 Å². The first-order valence-corrected chi connectivity index (χ1v) is 9.85. The van der Waals surface area contributed by atoms with Gasteiger partial charge in [0.05, 0.1) is 25.6 Å². The van der Waals surface area contributed by atoms with Gasteiger partial charge in [0.15, 0.2) is 0 Å². The van der Waals surface area contributed by atoms with Crippen molar-refractivity contribution in [1.29, 1.82) is 0 Å². The van der Waals surface area contributed by atoms with Gasteiger partial charge in [0.25, 0.3) is 0 Å². The highest BCUT2D eigenvalue weighted by atomic mass is 32.2. The lowest BCUT2D eigenvalue weighted by Crippen LogP contribution is -2.12. The average molecular weight is 333 g/mol. The SMILES string of the molecule is CC1CN=CC2=C(SC3CCCC3)S(=O)C(c3ccn[nH]3)=C21. The van der Waals surface area contributed by atoms with Crippen LogP contribution in [0.25, 0.3) is 4.91 Å². The van der Waals surface area contributed by atoms with E-state index >= 15 is 0 Å². The third-order valence-electron chi connectivity index (χ3n) is 4.52. The van der Waals surface area contributed by atoms with Crippen LogP contribution in [-0.4, -0.2) is 32.4 Å². The van der Waals surface area contributed by atoms with Crippen molar-refractivity contribution in [3.8, 4) is 0 Å². The molecule has 1 aromatic heterocycles. The van der Waals surface area contributed by atoms with Gasteiger partial charge in [-0.1, -0.05) is 19.8 Å². The molecular weight excluding hydrogens is 314 g/mol. The van der Waals surface area contributed by atoms with E-state index in [9.17, 15) is 4.21 Å². The maximum Gasteiger partial charge on any atom is 0.0946 e. The zero-order valence-electron chi connectivity index (χ0n) is 12.5. The van der Waals surface area contributed by atoms with Crippen LogP contribution < -0.4 is 0 Å². The Labute approximate surface area is 137 Å². The molecule has 1 fully saturated rings. The van der Waals surface area contributed by atoms with Crippen molar-refractivity contribution in [3.63, 3.8) is 0 Å². The van der Waals surface area contributed by atoms with Gasteiger partial charge in [0.1, 0.15) is 0 Å². The van der Waals surface area contributed by atoms with E-state index in [0.717, 1.165) is 27.0 Å². The first-order valence-electron chi connectivity index (χ1n) is 7.82. The highest BCUT2D eigenvalue weighted by molar-refractivity contribution is 8.20. The molecule has 3 heterocycles. The Kier molecular flexibility index (Phi) is 3.82. The molecule has 0 amide bonds. The molecule has 3 aliphatic rings. The highest BCUT2D eigenvalue weighted by Crippen LogP contribution is 2.49. The van der Waals surface area contributed by atoms with Crippen molar-refractivity contribution in [1.82, 2.24) is 10.2 Å². The minimum absolute atomic E-state index is 0.309. The summed E-state index contributed by atoms with van der Waals surface area (Å²) in [5, 5.41) is 7.65. The molecule has 0 spiro atoms. The van der Waals surface area contributed by atoms with Gasteiger partial charge in [0.2, 0.25) is 0 Å². The number of thioether (sulfide) groups is 1. The molecule has 22 heavy (non-hydrogen) atoms. The van der Waals surface area contributed by atoms with E-state index in [2.05, 4.69) is 22.1 Å². The van der Waals surface area contributed by atoms with E-state index in [0.29, 0.717) is 11.2 Å². The summed E-state index contributed by atoms with van der Waals surface area (Å²) in [6.45, 7) is 2.94. The average Bonchev–Trinajstić information content (AvgIpc) is 3.23. The lowest BCUT2D eigenvalue weighted by Gasteiger charge is -2.18. The summed E-state index contributed by atoms with van der Waals surface area (Å²) >= 11 is 1.82. The van der Waals surface area contributed by atoms with E-state index in [1.54, 1.807) is 6.20 Å². The molecule has 0 aromatic carbocycles. The number of nitrogens with zero attached hydrogens (tertiary/aromatic N) is 2. The Hall–Kier alpha value is -1.14. The molecule has 6 heteroatoms. The van der Waals surface area contributed by atoms with Crippen LogP contribution in [0.3, 0.4) is 0 Å². The van der Waals surface area contributed by atoms with Crippen molar-refractivity contribution < 1.29 is 4.21 Å². The summed E-state index contributed by atoms with van der Waals surface area (Å²) in [5.41, 5.74) is 3.20. The first kappa shape index (κ1) is 14.5. The van der Waals surface area contributed by atoms with Gasteiger partial charge in [-0.3, -0.25) is 10.1 Å². The van der Waals surface area contributed by atoms with Crippen molar-refractivity contribution in [2.75, 3.05) is 6.54 Å². The molecule has 1 aliphatic carbocycles. The number of fused-ring (bicyclic) bond motifs is 1. The van der Waals surface area contributed by atoms with E-state index in [-0.39, 0.29) is 0 Å². The number of aromatic nitrogens is 2. The predicted octanol–water partition coefficient (Wildman–Crippen LogP) is 3.49. The molecule has 0 radical (unpaired) electrons.